The summed E-state index contributed by atoms with van der Waals surface area (Å²) in [6.45, 7) is 4.14. The van der Waals surface area contributed by atoms with Crippen molar-refractivity contribution in [3.63, 3.8) is 0 Å². The number of hydrogen-bond acceptors (Lipinski definition) is 2. The lowest BCUT2D eigenvalue weighted by atomic mass is 10.3. The minimum atomic E-state index is -0.674. The van der Waals surface area contributed by atoms with Gasteiger partial charge in [-0.2, -0.15) is 0 Å². The van der Waals surface area contributed by atoms with Crippen LogP contribution >= 0.6 is 0 Å². The monoisotopic (exact) mass is 167 g/mol. The highest BCUT2D eigenvalue weighted by Crippen LogP contribution is 2.13. The number of rotatable bonds is 1. The SMILES string of the molecule is C[Si](C)c1cc(O)ccc1O. The Labute approximate surface area is 67.7 Å². The molecule has 0 aliphatic heterocycles. The van der Waals surface area contributed by atoms with Crippen molar-refractivity contribution in [1.82, 2.24) is 0 Å². The van der Waals surface area contributed by atoms with Gasteiger partial charge in [0.2, 0.25) is 0 Å². The molecule has 1 radical (unpaired) electrons. The molecule has 3 heteroatoms. The molecule has 0 fully saturated rings. The second kappa shape index (κ2) is 2.96. The van der Waals surface area contributed by atoms with Gasteiger partial charge in [0.15, 0.2) is 0 Å². The first kappa shape index (κ1) is 8.14. The maximum atomic E-state index is 9.32. The molecule has 0 saturated heterocycles. The molecular formula is C8H11O2Si. The van der Waals surface area contributed by atoms with Gasteiger partial charge in [0.05, 0.1) is 8.80 Å². The molecule has 0 aliphatic rings. The number of aromatic hydroxyl groups is 2. The molecule has 0 amide bonds. The van der Waals surface area contributed by atoms with E-state index in [1.807, 2.05) is 0 Å². The van der Waals surface area contributed by atoms with E-state index in [9.17, 15) is 5.11 Å². The highest BCUT2D eigenvalue weighted by molar-refractivity contribution is 6.71. The standard InChI is InChI=1S/C8H11O2Si/c1-11(2)8-5-6(9)3-4-7(8)10/h3-5,9-10H,1-2H3. The second-order valence-corrected chi connectivity index (χ2v) is 5.24. The highest BCUT2D eigenvalue weighted by atomic mass is 28.3. The minimum absolute atomic E-state index is 0.226. The summed E-state index contributed by atoms with van der Waals surface area (Å²) in [5.41, 5.74) is 0. The van der Waals surface area contributed by atoms with E-state index < -0.39 is 8.80 Å². The molecule has 0 unspecified atom stereocenters. The van der Waals surface area contributed by atoms with Gasteiger partial charge in [0, 0.05) is 0 Å². The van der Waals surface area contributed by atoms with Crippen molar-refractivity contribution in [2.24, 2.45) is 0 Å². The molecule has 11 heavy (non-hydrogen) atoms. The summed E-state index contributed by atoms with van der Waals surface area (Å²) in [6.07, 6.45) is 0. The zero-order valence-corrected chi connectivity index (χ0v) is 7.63. The maximum Gasteiger partial charge on any atom is 0.115 e. The van der Waals surface area contributed by atoms with Gasteiger partial charge < -0.3 is 10.2 Å². The average Bonchev–Trinajstić information content (AvgIpc) is 1.94. The molecular weight excluding hydrogens is 156 g/mol. The summed E-state index contributed by atoms with van der Waals surface area (Å²) in [5, 5.41) is 19.3. The Bertz CT molecular complexity index is 258. The van der Waals surface area contributed by atoms with Crippen LogP contribution in [0.15, 0.2) is 18.2 Å². The highest BCUT2D eigenvalue weighted by Gasteiger charge is 2.06. The Morgan fingerprint density at radius 1 is 1.18 bits per heavy atom. The summed E-state index contributed by atoms with van der Waals surface area (Å²) in [5.74, 6) is 0.519. The molecule has 0 spiro atoms. The van der Waals surface area contributed by atoms with Crippen LogP contribution in [-0.4, -0.2) is 19.0 Å². The van der Waals surface area contributed by atoms with Crippen LogP contribution in [0.4, 0.5) is 0 Å². The Morgan fingerprint density at radius 3 is 2.27 bits per heavy atom. The van der Waals surface area contributed by atoms with Crippen molar-refractivity contribution < 1.29 is 10.2 Å². The molecule has 1 aromatic carbocycles. The first-order valence-electron chi connectivity index (χ1n) is 3.44. The molecule has 1 rings (SSSR count). The van der Waals surface area contributed by atoms with Crippen LogP contribution in [0.2, 0.25) is 13.1 Å². The van der Waals surface area contributed by atoms with Gasteiger partial charge in [-0.1, -0.05) is 13.1 Å². The van der Waals surface area contributed by atoms with E-state index in [4.69, 9.17) is 5.11 Å². The fraction of sp³-hybridized carbons (Fsp3) is 0.250. The summed E-state index contributed by atoms with van der Waals surface area (Å²) in [6, 6.07) is 4.65. The zero-order valence-electron chi connectivity index (χ0n) is 6.63. The number of phenols is 2. The van der Waals surface area contributed by atoms with Crippen LogP contribution < -0.4 is 5.19 Å². The largest absolute Gasteiger partial charge is 0.508 e. The van der Waals surface area contributed by atoms with Crippen LogP contribution in [-0.2, 0) is 0 Å². The van der Waals surface area contributed by atoms with Gasteiger partial charge in [0.1, 0.15) is 11.5 Å². The first-order chi connectivity index (χ1) is 5.11. The lowest BCUT2D eigenvalue weighted by Gasteiger charge is -2.06. The number of benzene rings is 1. The molecule has 59 valence electrons. The normalized spacial score (nSPS) is 10.5. The summed E-state index contributed by atoms with van der Waals surface area (Å²) < 4.78 is 0. The van der Waals surface area contributed by atoms with Crippen LogP contribution in [0.1, 0.15) is 0 Å². The molecule has 0 aromatic heterocycles. The van der Waals surface area contributed by atoms with Gasteiger partial charge in [-0.15, -0.1) is 0 Å². The van der Waals surface area contributed by atoms with Crippen LogP contribution in [0.3, 0.4) is 0 Å². The Morgan fingerprint density at radius 2 is 1.82 bits per heavy atom. The van der Waals surface area contributed by atoms with Gasteiger partial charge in [-0.05, 0) is 23.4 Å². The summed E-state index contributed by atoms with van der Waals surface area (Å²) >= 11 is 0. The van der Waals surface area contributed by atoms with E-state index in [-0.39, 0.29) is 5.75 Å². The quantitative estimate of drug-likeness (QED) is 0.485. The number of phenolic OH excluding ortho intramolecular Hbond substituents is 2. The van der Waals surface area contributed by atoms with E-state index >= 15 is 0 Å². The zero-order chi connectivity index (χ0) is 8.43. The third kappa shape index (κ3) is 1.74. The Kier molecular flexibility index (Phi) is 2.19. The van der Waals surface area contributed by atoms with Crippen molar-refractivity contribution in [2.75, 3.05) is 0 Å². The lowest BCUT2D eigenvalue weighted by molar-refractivity contribution is 0.463. The predicted molar refractivity (Wildman–Crippen MR) is 46.9 cm³/mol. The van der Waals surface area contributed by atoms with E-state index in [1.165, 1.54) is 12.1 Å². The molecule has 0 aliphatic carbocycles. The average molecular weight is 167 g/mol. The summed E-state index contributed by atoms with van der Waals surface area (Å²) in [7, 11) is -0.674. The van der Waals surface area contributed by atoms with E-state index in [0.717, 1.165) is 5.19 Å². The smallest absolute Gasteiger partial charge is 0.115 e. The van der Waals surface area contributed by atoms with Crippen LogP contribution in [0, 0.1) is 0 Å². The topological polar surface area (TPSA) is 40.5 Å². The molecule has 2 nitrogen and oxygen atoms in total. The van der Waals surface area contributed by atoms with Gasteiger partial charge in [-0.3, -0.25) is 0 Å². The van der Waals surface area contributed by atoms with Crippen molar-refractivity contribution in [3.8, 4) is 11.5 Å². The van der Waals surface area contributed by atoms with E-state index in [0.29, 0.717) is 5.75 Å². The van der Waals surface area contributed by atoms with Crippen molar-refractivity contribution in [1.29, 1.82) is 0 Å². The van der Waals surface area contributed by atoms with E-state index in [1.54, 1.807) is 6.07 Å². The Hall–Kier alpha value is -0.963. The van der Waals surface area contributed by atoms with Crippen LogP contribution in [0.5, 0.6) is 11.5 Å². The lowest BCUT2D eigenvalue weighted by Crippen LogP contribution is -2.22. The molecule has 0 atom stereocenters. The third-order valence-electron chi connectivity index (χ3n) is 1.52. The fourth-order valence-electron chi connectivity index (χ4n) is 0.925. The Balaban J connectivity index is 3.13. The third-order valence-corrected chi connectivity index (χ3v) is 3.00. The van der Waals surface area contributed by atoms with Gasteiger partial charge >= 0.3 is 0 Å². The molecule has 1 aromatic rings. The van der Waals surface area contributed by atoms with Gasteiger partial charge in [0.25, 0.3) is 0 Å². The fourth-order valence-corrected chi connectivity index (χ4v) is 1.96. The molecule has 0 bridgehead atoms. The van der Waals surface area contributed by atoms with Crippen molar-refractivity contribution in [3.05, 3.63) is 18.2 Å². The molecule has 2 N–H and O–H groups in total. The predicted octanol–water partition coefficient (Wildman–Crippen LogP) is 1.06. The van der Waals surface area contributed by atoms with Gasteiger partial charge in [-0.25, -0.2) is 0 Å². The van der Waals surface area contributed by atoms with E-state index in [2.05, 4.69) is 13.1 Å². The minimum Gasteiger partial charge on any atom is -0.508 e. The first-order valence-corrected chi connectivity index (χ1v) is 5.94. The molecule has 0 saturated carbocycles. The van der Waals surface area contributed by atoms with Crippen molar-refractivity contribution >= 4 is 14.0 Å². The maximum absolute atomic E-state index is 9.32. The summed E-state index contributed by atoms with van der Waals surface area (Å²) in [4.78, 5) is 0. The second-order valence-electron chi connectivity index (χ2n) is 2.70. The van der Waals surface area contributed by atoms with Crippen molar-refractivity contribution in [2.45, 2.75) is 13.1 Å². The number of hydrogen-bond donors (Lipinski definition) is 2. The molecule has 0 heterocycles. The van der Waals surface area contributed by atoms with Crippen LogP contribution in [0.25, 0.3) is 0 Å².